The molecule has 21 heavy (non-hydrogen) atoms. The minimum Gasteiger partial charge on any atom is -0.507 e. The second-order valence-electron chi connectivity index (χ2n) is 5.65. The molecule has 0 bridgehead atoms. The van der Waals surface area contributed by atoms with Crippen molar-refractivity contribution in [1.82, 2.24) is 4.98 Å². The first-order chi connectivity index (χ1) is 10.0. The van der Waals surface area contributed by atoms with Crippen molar-refractivity contribution in [3.05, 3.63) is 45.2 Å². The van der Waals surface area contributed by atoms with Gasteiger partial charge in [-0.3, -0.25) is 4.79 Å². The number of nitrogens with zero attached hydrogens (tertiary/aromatic N) is 1. The van der Waals surface area contributed by atoms with Gasteiger partial charge in [0, 0.05) is 24.8 Å². The third-order valence-corrected chi connectivity index (χ3v) is 4.37. The zero-order valence-electron chi connectivity index (χ0n) is 12.7. The van der Waals surface area contributed by atoms with Crippen LogP contribution in [-0.4, -0.2) is 23.7 Å². The van der Waals surface area contributed by atoms with Gasteiger partial charge in [-0.15, -0.1) is 0 Å². The molecule has 0 radical (unpaired) electrons. The van der Waals surface area contributed by atoms with E-state index in [4.69, 9.17) is 0 Å². The van der Waals surface area contributed by atoms with E-state index in [1.807, 2.05) is 13.0 Å². The number of pyridine rings is 1. The molecule has 2 heterocycles. The monoisotopic (exact) mass is 284 g/mol. The standard InChI is InChI=1S/C17H20N2O2/c1-4-13-15(18-17(21)10(2)16(13)20)12-5-6-14-11(9-12)7-8-19(14)3/h5-6,9H,4,7-8H2,1-3H3,(H2,18,20,21). The Hall–Kier alpha value is -2.23. The van der Waals surface area contributed by atoms with Gasteiger partial charge in [0.1, 0.15) is 5.75 Å². The summed E-state index contributed by atoms with van der Waals surface area (Å²) in [6.07, 6.45) is 1.69. The number of likely N-dealkylation sites (N-methyl/N-ethyl adjacent to an activating group) is 1. The second-order valence-corrected chi connectivity index (χ2v) is 5.65. The maximum absolute atomic E-state index is 12.0. The Morgan fingerprint density at radius 3 is 2.86 bits per heavy atom. The van der Waals surface area contributed by atoms with Crippen LogP contribution in [0.3, 0.4) is 0 Å². The van der Waals surface area contributed by atoms with E-state index in [0.29, 0.717) is 12.0 Å². The lowest BCUT2D eigenvalue weighted by atomic mass is 9.99. The molecule has 1 aromatic heterocycles. The lowest BCUT2D eigenvalue weighted by molar-refractivity contribution is 0.463. The predicted molar refractivity (Wildman–Crippen MR) is 85.3 cm³/mol. The Bertz CT molecular complexity index is 762. The molecule has 0 amide bonds. The molecule has 0 unspecified atom stereocenters. The number of benzene rings is 1. The van der Waals surface area contributed by atoms with Gasteiger partial charge in [-0.1, -0.05) is 13.0 Å². The summed E-state index contributed by atoms with van der Waals surface area (Å²) in [4.78, 5) is 17.1. The lowest BCUT2D eigenvalue weighted by Gasteiger charge is -2.14. The first-order valence-electron chi connectivity index (χ1n) is 7.32. The summed E-state index contributed by atoms with van der Waals surface area (Å²) >= 11 is 0. The third-order valence-electron chi connectivity index (χ3n) is 4.37. The van der Waals surface area contributed by atoms with E-state index in [1.165, 1.54) is 11.3 Å². The number of H-pyrrole nitrogens is 1. The molecule has 1 aromatic carbocycles. The molecule has 1 aliphatic heterocycles. The van der Waals surface area contributed by atoms with Gasteiger partial charge in [-0.05, 0) is 43.0 Å². The highest BCUT2D eigenvalue weighted by atomic mass is 16.3. The molecule has 0 saturated heterocycles. The Morgan fingerprint density at radius 1 is 1.38 bits per heavy atom. The molecule has 2 aromatic rings. The number of hydrogen-bond acceptors (Lipinski definition) is 3. The van der Waals surface area contributed by atoms with Gasteiger partial charge in [0.05, 0.1) is 11.3 Å². The Morgan fingerprint density at radius 2 is 2.14 bits per heavy atom. The molecule has 4 heteroatoms. The number of hydrogen-bond donors (Lipinski definition) is 2. The average Bonchev–Trinajstić information content (AvgIpc) is 2.85. The number of aromatic nitrogens is 1. The SMILES string of the molecule is CCc1c(-c2ccc3c(c2)CCN3C)[nH]c(=O)c(C)c1O. The fraction of sp³-hybridized carbons (Fsp3) is 0.353. The van der Waals surface area contributed by atoms with E-state index in [1.54, 1.807) is 6.92 Å². The van der Waals surface area contributed by atoms with Crippen molar-refractivity contribution >= 4 is 5.69 Å². The summed E-state index contributed by atoms with van der Waals surface area (Å²) in [6.45, 7) is 4.65. The highest BCUT2D eigenvalue weighted by Crippen LogP contribution is 2.34. The van der Waals surface area contributed by atoms with Crippen LogP contribution in [0.5, 0.6) is 5.75 Å². The summed E-state index contributed by atoms with van der Waals surface area (Å²) in [5.41, 5.74) is 5.21. The molecule has 110 valence electrons. The second kappa shape index (κ2) is 4.95. The Balaban J connectivity index is 2.20. The Kier molecular flexibility index (Phi) is 3.24. The van der Waals surface area contributed by atoms with Crippen LogP contribution in [0.4, 0.5) is 5.69 Å². The third kappa shape index (κ3) is 2.11. The van der Waals surface area contributed by atoms with E-state index < -0.39 is 0 Å². The van der Waals surface area contributed by atoms with Crippen LogP contribution in [-0.2, 0) is 12.8 Å². The zero-order chi connectivity index (χ0) is 15.1. The molecule has 3 rings (SSSR count). The van der Waals surface area contributed by atoms with Crippen molar-refractivity contribution < 1.29 is 5.11 Å². The van der Waals surface area contributed by atoms with Gasteiger partial charge < -0.3 is 15.0 Å². The van der Waals surface area contributed by atoms with E-state index >= 15 is 0 Å². The molecule has 0 saturated carbocycles. The first kappa shape index (κ1) is 13.7. The highest BCUT2D eigenvalue weighted by molar-refractivity contribution is 5.72. The molecule has 0 aliphatic carbocycles. The lowest BCUT2D eigenvalue weighted by Crippen LogP contribution is -2.13. The van der Waals surface area contributed by atoms with Crippen LogP contribution < -0.4 is 10.5 Å². The van der Waals surface area contributed by atoms with Gasteiger partial charge in [0.25, 0.3) is 5.56 Å². The number of aromatic amines is 1. The first-order valence-corrected chi connectivity index (χ1v) is 7.32. The number of rotatable bonds is 2. The van der Waals surface area contributed by atoms with Crippen LogP contribution in [0, 0.1) is 6.92 Å². The summed E-state index contributed by atoms with van der Waals surface area (Å²) < 4.78 is 0. The van der Waals surface area contributed by atoms with Crippen molar-refractivity contribution in [3.63, 3.8) is 0 Å². The Labute approximate surface area is 124 Å². The van der Waals surface area contributed by atoms with Crippen LogP contribution in [0.2, 0.25) is 0 Å². The number of anilines is 1. The maximum atomic E-state index is 12.0. The van der Waals surface area contributed by atoms with Gasteiger partial charge >= 0.3 is 0 Å². The largest absolute Gasteiger partial charge is 0.507 e. The van der Waals surface area contributed by atoms with Crippen molar-refractivity contribution in [2.24, 2.45) is 0 Å². The van der Waals surface area contributed by atoms with Crippen LogP contribution >= 0.6 is 0 Å². The molecular weight excluding hydrogens is 264 g/mol. The van der Waals surface area contributed by atoms with Gasteiger partial charge in [-0.2, -0.15) is 0 Å². The summed E-state index contributed by atoms with van der Waals surface area (Å²) in [5.74, 6) is 0.119. The van der Waals surface area contributed by atoms with Gasteiger partial charge in [-0.25, -0.2) is 0 Å². The molecule has 0 atom stereocenters. The average molecular weight is 284 g/mol. The maximum Gasteiger partial charge on any atom is 0.255 e. The molecule has 0 spiro atoms. The van der Waals surface area contributed by atoms with E-state index in [2.05, 4.69) is 29.1 Å². The van der Waals surface area contributed by atoms with Crippen molar-refractivity contribution in [2.75, 3.05) is 18.5 Å². The summed E-state index contributed by atoms with van der Waals surface area (Å²) in [5, 5.41) is 10.2. The predicted octanol–water partition coefficient (Wildman–Crippen LogP) is 2.61. The van der Waals surface area contributed by atoms with Crippen molar-refractivity contribution in [3.8, 4) is 17.0 Å². The smallest absolute Gasteiger partial charge is 0.255 e. The van der Waals surface area contributed by atoms with E-state index in [0.717, 1.165) is 29.8 Å². The number of aromatic hydroxyl groups is 1. The normalized spacial score (nSPS) is 13.6. The van der Waals surface area contributed by atoms with Gasteiger partial charge in [0.2, 0.25) is 0 Å². The quantitative estimate of drug-likeness (QED) is 0.891. The molecule has 4 nitrogen and oxygen atoms in total. The molecule has 1 aliphatic rings. The van der Waals surface area contributed by atoms with E-state index in [-0.39, 0.29) is 11.3 Å². The van der Waals surface area contributed by atoms with Crippen LogP contribution in [0.1, 0.15) is 23.6 Å². The fourth-order valence-corrected chi connectivity index (χ4v) is 3.05. The van der Waals surface area contributed by atoms with E-state index in [9.17, 15) is 9.90 Å². The minimum atomic E-state index is -0.225. The molecular formula is C17H20N2O2. The summed E-state index contributed by atoms with van der Waals surface area (Å²) in [6, 6.07) is 6.23. The van der Waals surface area contributed by atoms with Gasteiger partial charge in [0.15, 0.2) is 0 Å². The fourth-order valence-electron chi connectivity index (χ4n) is 3.05. The number of fused-ring (bicyclic) bond motifs is 1. The molecule has 0 fully saturated rings. The summed E-state index contributed by atoms with van der Waals surface area (Å²) in [7, 11) is 2.09. The number of nitrogens with one attached hydrogen (secondary N) is 1. The topological polar surface area (TPSA) is 56.3 Å². The highest BCUT2D eigenvalue weighted by Gasteiger charge is 2.19. The van der Waals surface area contributed by atoms with Crippen LogP contribution in [0.25, 0.3) is 11.3 Å². The van der Waals surface area contributed by atoms with Crippen molar-refractivity contribution in [1.29, 1.82) is 0 Å². The molecule has 2 N–H and O–H groups in total. The van der Waals surface area contributed by atoms with Crippen molar-refractivity contribution in [2.45, 2.75) is 26.7 Å². The zero-order valence-corrected chi connectivity index (χ0v) is 12.7. The minimum absolute atomic E-state index is 0.119. The van der Waals surface area contributed by atoms with Crippen LogP contribution in [0.15, 0.2) is 23.0 Å².